The number of carboxylic acids is 1. The fourth-order valence-corrected chi connectivity index (χ4v) is 3.24. The van der Waals surface area contributed by atoms with Crippen molar-refractivity contribution in [2.75, 3.05) is 13.2 Å². The van der Waals surface area contributed by atoms with Crippen LogP contribution in [0, 0.1) is 0 Å². The zero-order valence-corrected chi connectivity index (χ0v) is 15.6. The van der Waals surface area contributed by atoms with Crippen molar-refractivity contribution in [1.82, 2.24) is 4.90 Å². The third-order valence-electron chi connectivity index (χ3n) is 4.73. The van der Waals surface area contributed by atoms with Crippen molar-refractivity contribution in [3.05, 3.63) is 48.0 Å². The molecule has 1 heterocycles. The van der Waals surface area contributed by atoms with Crippen LogP contribution in [0.25, 0.3) is 0 Å². The van der Waals surface area contributed by atoms with E-state index in [2.05, 4.69) is 0 Å². The van der Waals surface area contributed by atoms with Gasteiger partial charge in [-0.1, -0.05) is 42.5 Å². The number of aliphatic hydroxyl groups excluding tert-OH is 1. The second-order valence-corrected chi connectivity index (χ2v) is 6.89. The van der Waals surface area contributed by atoms with Crippen molar-refractivity contribution in [2.24, 2.45) is 0 Å². The van der Waals surface area contributed by atoms with Gasteiger partial charge in [-0.15, -0.1) is 0 Å². The van der Waals surface area contributed by atoms with Crippen LogP contribution in [0.1, 0.15) is 44.1 Å². The summed E-state index contributed by atoms with van der Waals surface area (Å²) in [7, 11) is 0. The number of ether oxygens (including phenoxy) is 1. The number of carbonyl (C=O) groups excluding carboxylic acids is 1. The van der Waals surface area contributed by atoms with Crippen molar-refractivity contribution in [3.8, 4) is 0 Å². The summed E-state index contributed by atoms with van der Waals surface area (Å²) in [5.74, 6) is -0.794. The third-order valence-corrected chi connectivity index (χ3v) is 4.73. The Hall–Kier alpha value is -2.34. The molecule has 2 rings (SSSR count). The lowest BCUT2D eigenvalue weighted by atomic mass is 9.99. The van der Waals surface area contributed by atoms with Gasteiger partial charge < -0.3 is 19.8 Å². The number of rotatable bonds is 11. The maximum Gasteiger partial charge on any atom is 0.410 e. The minimum atomic E-state index is -0.794. The van der Waals surface area contributed by atoms with Gasteiger partial charge in [-0.3, -0.25) is 4.79 Å². The lowest BCUT2D eigenvalue weighted by Gasteiger charge is -2.34. The minimum Gasteiger partial charge on any atom is -0.481 e. The third kappa shape index (κ3) is 7.83. The molecule has 0 bridgehead atoms. The van der Waals surface area contributed by atoms with Gasteiger partial charge in [-0.05, 0) is 37.7 Å². The number of unbranched alkanes of at least 4 members (excludes halogenated alkanes) is 1. The van der Waals surface area contributed by atoms with E-state index in [-0.39, 0.29) is 18.6 Å². The molecule has 2 atom stereocenters. The summed E-state index contributed by atoms with van der Waals surface area (Å²) in [6.45, 7) is 0.864. The van der Waals surface area contributed by atoms with E-state index in [0.29, 0.717) is 38.8 Å². The first kappa shape index (κ1) is 21.0. The molecular weight excluding hydrogens is 346 g/mol. The zero-order chi connectivity index (χ0) is 19.5. The van der Waals surface area contributed by atoms with Crippen molar-refractivity contribution in [3.63, 3.8) is 0 Å². The van der Waals surface area contributed by atoms with Crippen LogP contribution < -0.4 is 0 Å². The fraction of sp³-hybridized carbons (Fsp3) is 0.524. The monoisotopic (exact) mass is 375 g/mol. The summed E-state index contributed by atoms with van der Waals surface area (Å²) in [4.78, 5) is 24.3. The summed E-state index contributed by atoms with van der Waals surface area (Å²) < 4.78 is 5.15. The van der Waals surface area contributed by atoms with Crippen molar-refractivity contribution >= 4 is 12.1 Å². The van der Waals surface area contributed by atoms with Crippen LogP contribution in [0.15, 0.2) is 42.5 Å². The molecule has 6 nitrogen and oxygen atoms in total. The molecule has 1 amide bonds. The number of carbonyl (C=O) groups is 2. The highest BCUT2D eigenvalue weighted by Crippen LogP contribution is 2.20. The summed E-state index contributed by atoms with van der Waals surface area (Å²) in [5.41, 5.74) is 1.11. The highest BCUT2D eigenvalue weighted by Gasteiger charge is 2.28. The number of hydrogen-bond donors (Lipinski definition) is 2. The molecule has 0 radical (unpaired) electrons. The molecule has 2 N–H and O–H groups in total. The van der Waals surface area contributed by atoms with Crippen LogP contribution in [-0.2, 0) is 16.0 Å². The quantitative estimate of drug-likeness (QED) is 0.457. The molecule has 1 aromatic carbocycles. The largest absolute Gasteiger partial charge is 0.481 e. The summed E-state index contributed by atoms with van der Waals surface area (Å²) >= 11 is 0. The normalized spacial score (nSPS) is 18.5. The molecule has 148 valence electrons. The predicted octanol–water partition coefficient (Wildman–Crippen LogP) is 3.39. The molecule has 1 fully saturated rings. The SMILES string of the molecule is O=C(O)CCCC=CCN1C(=O)OCC[C@@H]1CCC(O)Cc1ccccc1. The van der Waals surface area contributed by atoms with Crippen LogP contribution >= 0.6 is 0 Å². The molecule has 27 heavy (non-hydrogen) atoms. The number of allylic oxidation sites excluding steroid dienone is 1. The molecule has 1 unspecified atom stereocenters. The molecule has 0 spiro atoms. The van der Waals surface area contributed by atoms with Gasteiger partial charge >= 0.3 is 12.1 Å². The van der Waals surface area contributed by atoms with E-state index in [1.807, 2.05) is 42.5 Å². The smallest absolute Gasteiger partial charge is 0.410 e. The summed E-state index contributed by atoms with van der Waals surface area (Å²) in [5, 5.41) is 18.9. The van der Waals surface area contributed by atoms with Gasteiger partial charge in [0, 0.05) is 25.4 Å². The molecule has 1 aliphatic rings. The number of hydrogen-bond acceptors (Lipinski definition) is 4. The van der Waals surface area contributed by atoms with E-state index in [9.17, 15) is 14.7 Å². The number of aliphatic hydroxyl groups is 1. The maximum absolute atomic E-state index is 12.1. The summed E-state index contributed by atoms with van der Waals surface area (Å²) in [6.07, 6.45) is 7.20. The minimum absolute atomic E-state index is 0.0559. The van der Waals surface area contributed by atoms with Gasteiger partial charge in [0.25, 0.3) is 0 Å². The second kappa shape index (κ2) is 11.4. The molecule has 1 saturated heterocycles. The number of aliphatic carboxylic acids is 1. The Kier molecular flexibility index (Phi) is 8.84. The van der Waals surface area contributed by atoms with Crippen molar-refractivity contribution < 1.29 is 24.5 Å². The Labute approximate surface area is 160 Å². The Morgan fingerprint density at radius 2 is 2.07 bits per heavy atom. The van der Waals surface area contributed by atoms with Gasteiger partial charge in [0.05, 0.1) is 12.7 Å². The van der Waals surface area contributed by atoms with Crippen LogP contribution in [0.2, 0.25) is 0 Å². The van der Waals surface area contributed by atoms with E-state index in [1.165, 1.54) is 0 Å². The maximum atomic E-state index is 12.1. The van der Waals surface area contributed by atoms with Crippen LogP contribution in [0.3, 0.4) is 0 Å². The Morgan fingerprint density at radius 1 is 1.30 bits per heavy atom. The number of cyclic esters (lactones) is 1. The van der Waals surface area contributed by atoms with Gasteiger partial charge in [-0.2, -0.15) is 0 Å². The first-order chi connectivity index (χ1) is 13.1. The highest BCUT2D eigenvalue weighted by molar-refractivity contribution is 5.69. The van der Waals surface area contributed by atoms with E-state index in [1.54, 1.807) is 4.90 Å². The lowest BCUT2D eigenvalue weighted by molar-refractivity contribution is -0.137. The molecule has 1 aliphatic heterocycles. The molecule has 1 aromatic rings. The second-order valence-electron chi connectivity index (χ2n) is 6.89. The van der Waals surface area contributed by atoms with Gasteiger partial charge in [0.1, 0.15) is 0 Å². The molecule has 0 aromatic heterocycles. The van der Waals surface area contributed by atoms with Crippen molar-refractivity contribution in [2.45, 2.75) is 57.1 Å². The predicted molar refractivity (Wildman–Crippen MR) is 102 cm³/mol. The van der Waals surface area contributed by atoms with Crippen molar-refractivity contribution in [1.29, 1.82) is 0 Å². The van der Waals surface area contributed by atoms with Crippen LogP contribution in [-0.4, -0.2) is 52.5 Å². The number of carboxylic acid groups (broad SMARTS) is 1. The number of nitrogens with zero attached hydrogens (tertiary/aromatic N) is 1. The van der Waals surface area contributed by atoms with E-state index in [4.69, 9.17) is 9.84 Å². The molecular formula is C21H29NO5. The topological polar surface area (TPSA) is 87.1 Å². The Balaban J connectivity index is 1.77. The molecule has 6 heteroatoms. The number of amides is 1. The standard InChI is InChI=1S/C21H29NO5/c23-19(16-17-8-4-3-5-9-17)12-11-18-13-15-27-21(26)22(18)14-7-2-1-6-10-20(24)25/h2-5,7-9,18-19,23H,1,6,10-16H2,(H,24,25)/t18-,19?/m0/s1. The van der Waals surface area contributed by atoms with Gasteiger partial charge in [0.15, 0.2) is 0 Å². The van der Waals surface area contributed by atoms with E-state index >= 15 is 0 Å². The first-order valence-electron chi connectivity index (χ1n) is 9.58. The lowest BCUT2D eigenvalue weighted by Crippen LogP contribution is -2.46. The highest BCUT2D eigenvalue weighted by atomic mass is 16.6. The first-order valence-corrected chi connectivity index (χ1v) is 9.58. The molecule has 0 aliphatic carbocycles. The fourth-order valence-electron chi connectivity index (χ4n) is 3.24. The average Bonchev–Trinajstić information content (AvgIpc) is 2.65. The molecule has 0 saturated carbocycles. The Morgan fingerprint density at radius 3 is 2.81 bits per heavy atom. The van der Waals surface area contributed by atoms with E-state index < -0.39 is 12.1 Å². The zero-order valence-electron chi connectivity index (χ0n) is 15.6. The number of benzene rings is 1. The summed E-state index contributed by atoms with van der Waals surface area (Å²) in [6, 6.07) is 9.94. The van der Waals surface area contributed by atoms with Crippen LogP contribution in [0.5, 0.6) is 0 Å². The Bertz CT molecular complexity index is 616. The van der Waals surface area contributed by atoms with Crippen LogP contribution in [0.4, 0.5) is 4.79 Å². The van der Waals surface area contributed by atoms with Gasteiger partial charge in [0.2, 0.25) is 0 Å². The van der Waals surface area contributed by atoms with E-state index in [0.717, 1.165) is 18.4 Å². The van der Waals surface area contributed by atoms with Gasteiger partial charge in [-0.25, -0.2) is 4.79 Å². The average molecular weight is 375 g/mol.